The predicted molar refractivity (Wildman–Crippen MR) is 104 cm³/mol. The minimum Gasteiger partial charge on any atom is -0.872 e. The van der Waals surface area contributed by atoms with Crippen molar-refractivity contribution in [3.05, 3.63) is 63.1 Å². The molecule has 10 heteroatoms. The molecule has 0 fully saturated rings. The third-order valence-corrected chi connectivity index (χ3v) is 4.95. The molecule has 0 radical (unpaired) electrons. The summed E-state index contributed by atoms with van der Waals surface area (Å²) < 4.78 is 10.5. The third-order valence-electron chi connectivity index (χ3n) is 4.06. The molecule has 29 heavy (non-hydrogen) atoms. The molecule has 0 aliphatic heterocycles. The van der Waals surface area contributed by atoms with Crippen molar-refractivity contribution in [1.82, 2.24) is 10.3 Å². The van der Waals surface area contributed by atoms with Gasteiger partial charge in [-0.3, -0.25) is 14.9 Å². The lowest BCUT2D eigenvalue weighted by Crippen LogP contribution is -2.23. The topological polar surface area (TPSA) is 127 Å². The van der Waals surface area contributed by atoms with E-state index >= 15 is 0 Å². The number of hydrogen-bond acceptors (Lipinski definition) is 8. The highest BCUT2D eigenvalue weighted by atomic mass is 32.1. The Bertz CT molecular complexity index is 1070. The van der Waals surface area contributed by atoms with Gasteiger partial charge in [0.2, 0.25) is 0 Å². The highest BCUT2D eigenvalue weighted by Gasteiger charge is 2.14. The van der Waals surface area contributed by atoms with Crippen LogP contribution in [0.3, 0.4) is 0 Å². The van der Waals surface area contributed by atoms with E-state index in [1.54, 1.807) is 23.6 Å². The summed E-state index contributed by atoms with van der Waals surface area (Å²) in [5.41, 5.74) is 0.853. The summed E-state index contributed by atoms with van der Waals surface area (Å²) in [4.78, 5) is 26.9. The molecule has 2 aromatic carbocycles. The number of ether oxygens (including phenoxy) is 2. The van der Waals surface area contributed by atoms with Crippen molar-refractivity contribution in [2.75, 3.05) is 14.2 Å². The molecular formula is C19H16N3O6S-. The van der Waals surface area contributed by atoms with Crippen molar-refractivity contribution in [2.24, 2.45) is 0 Å². The van der Waals surface area contributed by atoms with Gasteiger partial charge in [-0.25, -0.2) is 4.98 Å². The van der Waals surface area contributed by atoms with Crippen molar-refractivity contribution >= 4 is 22.9 Å². The van der Waals surface area contributed by atoms with Gasteiger partial charge in [-0.05, 0) is 23.8 Å². The first-order valence-electron chi connectivity index (χ1n) is 8.33. The lowest BCUT2D eigenvalue weighted by Gasteiger charge is -2.13. The molecule has 1 aromatic heterocycles. The normalized spacial score (nSPS) is 10.4. The lowest BCUT2D eigenvalue weighted by molar-refractivity contribution is -0.385. The molecule has 0 aliphatic carbocycles. The zero-order chi connectivity index (χ0) is 21.0. The maximum Gasteiger partial charge on any atom is 0.271 e. The first-order valence-corrected chi connectivity index (χ1v) is 9.21. The summed E-state index contributed by atoms with van der Waals surface area (Å²) in [5, 5.41) is 27.4. The second kappa shape index (κ2) is 8.57. The first kappa shape index (κ1) is 20.1. The lowest BCUT2D eigenvalue weighted by atomic mass is 10.1. The average molecular weight is 414 g/mol. The number of thiazole rings is 1. The van der Waals surface area contributed by atoms with Gasteiger partial charge < -0.3 is 19.9 Å². The molecule has 1 N–H and O–H groups in total. The number of nitrogens with zero attached hydrogens (tertiary/aromatic N) is 2. The number of nitrogens with one attached hydrogen (secondary N) is 1. The standard InChI is InChI=1S/C19H17N3O6S/c1-27-16-6-3-11(8-17(16)28-2)19-21-14(10-29-19)18(24)20-9-12-7-13(22(25)26)4-5-15(12)23/h3-8,10,23H,9H2,1-2H3,(H,20,24)/p-1. The van der Waals surface area contributed by atoms with Gasteiger partial charge in [0, 0.05) is 29.6 Å². The van der Waals surface area contributed by atoms with Crippen LogP contribution in [0.5, 0.6) is 17.2 Å². The number of amides is 1. The molecule has 3 aromatic rings. The summed E-state index contributed by atoms with van der Waals surface area (Å²) in [6.45, 7) is -0.136. The number of aromatic nitrogens is 1. The molecule has 0 bridgehead atoms. The summed E-state index contributed by atoms with van der Waals surface area (Å²) >= 11 is 1.28. The second-order valence-electron chi connectivity index (χ2n) is 5.84. The Balaban J connectivity index is 1.73. The number of hydrogen-bond donors (Lipinski definition) is 1. The molecule has 0 saturated carbocycles. The summed E-state index contributed by atoms with van der Waals surface area (Å²) in [6.07, 6.45) is 0. The predicted octanol–water partition coefficient (Wildman–Crippen LogP) is 2.74. The summed E-state index contributed by atoms with van der Waals surface area (Å²) in [7, 11) is 3.07. The molecule has 3 rings (SSSR count). The van der Waals surface area contributed by atoms with Crippen LogP contribution < -0.4 is 19.9 Å². The Morgan fingerprint density at radius 3 is 2.62 bits per heavy atom. The highest BCUT2D eigenvalue weighted by Crippen LogP contribution is 2.33. The largest absolute Gasteiger partial charge is 0.872 e. The molecule has 1 amide bonds. The fourth-order valence-corrected chi connectivity index (χ4v) is 3.36. The maximum atomic E-state index is 12.4. The Kier molecular flexibility index (Phi) is 5.93. The van der Waals surface area contributed by atoms with E-state index in [9.17, 15) is 20.0 Å². The molecule has 150 valence electrons. The van der Waals surface area contributed by atoms with Crippen molar-refractivity contribution in [1.29, 1.82) is 0 Å². The van der Waals surface area contributed by atoms with Crippen LogP contribution in [0.2, 0.25) is 0 Å². The maximum absolute atomic E-state index is 12.4. The molecule has 0 aliphatic rings. The van der Waals surface area contributed by atoms with Crippen LogP contribution in [0.4, 0.5) is 5.69 Å². The highest BCUT2D eigenvalue weighted by molar-refractivity contribution is 7.13. The minimum atomic E-state index is -0.597. The molecule has 0 atom stereocenters. The minimum absolute atomic E-state index is 0.128. The quantitative estimate of drug-likeness (QED) is 0.465. The van der Waals surface area contributed by atoms with Gasteiger partial charge in [0.1, 0.15) is 10.7 Å². The molecule has 0 spiro atoms. The summed E-state index contributed by atoms with van der Waals surface area (Å²) in [6, 6.07) is 8.69. The van der Waals surface area contributed by atoms with Gasteiger partial charge in [0.15, 0.2) is 11.5 Å². The van der Waals surface area contributed by atoms with E-state index in [-0.39, 0.29) is 29.2 Å². The zero-order valence-corrected chi connectivity index (χ0v) is 16.3. The van der Waals surface area contributed by atoms with Gasteiger partial charge >= 0.3 is 0 Å². The van der Waals surface area contributed by atoms with Crippen LogP contribution in [0, 0.1) is 10.1 Å². The van der Waals surface area contributed by atoms with Crippen LogP contribution in [0.15, 0.2) is 41.8 Å². The number of methoxy groups -OCH3 is 2. The zero-order valence-electron chi connectivity index (χ0n) is 15.5. The van der Waals surface area contributed by atoms with Gasteiger partial charge in [-0.1, -0.05) is 6.07 Å². The van der Waals surface area contributed by atoms with Crippen LogP contribution in [-0.2, 0) is 6.54 Å². The number of non-ortho nitro benzene ring substituents is 1. The summed E-state index contributed by atoms with van der Waals surface area (Å²) in [5.74, 6) is 0.245. The number of benzene rings is 2. The Hall–Kier alpha value is -3.66. The van der Waals surface area contributed by atoms with E-state index in [0.29, 0.717) is 16.5 Å². The van der Waals surface area contributed by atoms with Crippen LogP contribution in [-0.4, -0.2) is 30.0 Å². The van der Waals surface area contributed by atoms with Crippen molar-refractivity contribution in [2.45, 2.75) is 6.54 Å². The van der Waals surface area contributed by atoms with Gasteiger partial charge in [0.05, 0.1) is 19.1 Å². The van der Waals surface area contributed by atoms with Crippen molar-refractivity contribution in [3.63, 3.8) is 0 Å². The first-order chi connectivity index (χ1) is 13.9. The van der Waals surface area contributed by atoms with E-state index in [1.807, 2.05) is 0 Å². The van der Waals surface area contributed by atoms with E-state index in [0.717, 1.165) is 23.8 Å². The van der Waals surface area contributed by atoms with Gasteiger partial charge in [-0.2, -0.15) is 0 Å². The van der Waals surface area contributed by atoms with Gasteiger partial charge in [0.25, 0.3) is 11.6 Å². The average Bonchev–Trinajstić information content (AvgIpc) is 3.22. The molecule has 0 saturated heterocycles. The van der Waals surface area contributed by atoms with Crippen LogP contribution in [0.1, 0.15) is 16.1 Å². The smallest absolute Gasteiger partial charge is 0.271 e. The number of nitro groups is 1. The number of nitro benzene ring substituents is 1. The fourth-order valence-electron chi connectivity index (χ4n) is 2.56. The van der Waals surface area contributed by atoms with Crippen LogP contribution >= 0.6 is 11.3 Å². The van der Waals surface area contributed by atoms with Crippen molar-refractivity contribution < 1.29 is 24.3 Å². The van der Waals surface area contributed by atoms with E-state index < -0.39 is 10.8 Å². The molecule has 9 nitrogen and oxygen atoms in total. The Morgan fingerprint density at radius 1 is 1.17 bits per heavy atom. The molecule has 0 unspecified atom stereocenters. The van der Waals surface area contributed by atoms with E-state index in [4.69, 9.17) is 9.47 Å². The molecular weight excluding hydrogens is 398 g/mol. The number of rotatable bonds is 7. The van der Waals surface area contributed by atoms with E-state index in [2.05, 4.69) is 10.3 Å². The number of carbonyl (C=O) groups excluding carboxylic acids is 1. The van der Waals surface area contributed by atoms with Crippen LogP contribution in [0.25, 0.3) is 10.6 Å². The Labute approximate surface area is 169 Å². The third kappa shape index (κ3) is 4.43. The fraction of sp³-hybridized carbons (Fsp3) is 0.158. The van der Waals surface area contributed by atoms with Crippen molar-refractivity contribution in [3.8, 4) is 27.8 Å². The Morgan fingerprint density at radius 2 is 1.93 bits per heavy atom. The van der Waals surface area contributed by atoms with E-state index in [1.165, 1.54) is 25.6 Å². The number of carbonyl (C=O) groups is 1. The van der Waals surface area contributed by atoms with Gasteiger partial charge in [-0.15, -0.1) is 17.1 Å². The second-order valence-corrected chi connectivity index (χ2v) is 6.70. The SMILES string of the molecule is COc1ccc(-c2nc(C(=O)NCc3cc([N+](=O)[O-])ccc3[O-])cs2)cc1OC. The molecule has 1 heterocycles. The monoisotopic (exact) mass is 414 g/mol.